The molecular weight excluding hydrogens is 254 g/mol. The number of aromatic nitrogens is 2. The summed E-state index contributed by atoms with van der Waals surface area (Å²) in [5.74, 6) is -0.231. The fourth-order valence-electron chi connectivity index (χ4n) is 1.30. The van der Waals surface area contributed by atoms with Crippen LogP contribution in [0.25, 0.3) is 11.0 Å². The number of para-hydroxylation sites is 2. The van der Waals surface area contributed by atoms with Gasteiger partial charge >= 0.3 is 0 Å². The SMILES string of the molecule is N#CCC(=O)NNc1nc2ccccc2nc1Cl. The molecule has 2 N–H and O–H groups in total. The second kappa shape index (κ2) is 5.29. The summed E-state index contributed by atoms with van der Waals surface area (Å²) in [5.41, 5.74) is 6.16. The molecule has 1 heterocycles. The lowest BCUT2D eigenvalue weighted by atomic mass is 10.3. The highest BCUT2D eigenvalue weighted by molar-refractivity contribution is 6.32. The van der Waals surface area contributed by atoms with E-state index in [1.807, 2.05) is 12.1 Å². The highest BCUT2D eigenvalue weighted by Gasteiger charge is 2.07. The second-order valence-corrected chi connectivity index (χ2v) is 3.72. The molecule has 0 saturated heterocycles. The minimum absolute atomic E-state index is 0.144. The minimum atomic E-state index is -0.469. The first kappa shape index (κ1) is 12.1. The molecule has 2 aromatic rings. The molecule has 0 radical (unpaired) electrons. The Labute approximate surface area is 108 Å². The summed E-state index contributed by atoms with van der Waals surface area (Å²) >= 11 is 5.91. The Morgan fingerprint density at radius 2 is 2.00 bits per heavy atom. The van der Waals surface area contributed by atoms with Crippen LogP contribution >= 0.6 is 11.6 Å². The van der Waals surface area contributed by atoms with E-state index in [0.717, 1.165) is 0 Å². The fraction of sp³-hybridized carbons (Fsp3) is 0.0909. The maximum Gasteiger partial charge on any atom is 0.252 e. The summed E-state index contributed by atoms with van der Waals surface area (Å²) in [4.78, 5) is 19.4. The number of nitriles is 1. The average molecular weight is 262 g/mol. The maximum absolute atomic E-state index is 11.1. The van der Waals surface area contributed by atoms with Crippen molar-refractivity contribution in [1.29, 1.82) is 5.26 Å². The topological polar surface area (TPSA) is 90.7 Å². The van der Waals surface area contributed by atoms with Crippen LogP contribution in [0.4, 0.5) is 5.82 Å². The van der Waals surface area contributed by atoms with Crippen LogP contribution in [0.1, 0.15) is 6.42 Å². The number of hydrazine groups is 1. The van der Waals surface area contributed by atoms with E-state index >= 15 is 0 Å². The van der Waals surface area contributed by atoms with Gasteiger partial charge < -0.3 is 0 Å². The standard InChI is InChI=1S/C11H8ClN5O/c12-10-11(17-16-9(18)5-6-13)15-8-4-2-1-3-7(8)14-10/h1-4H,5H2,(H,15,17)(H,16,18). The van der Waals surface area contributed by atoms with Gasteiger partial charge in [-0.05, 0) is 12.1 Å². The van der Waals surface area contributed by atoms with Crippen LogP contribution in [0.5, 0.6) is 0 Å². The number of carbonyl (C=O) groups is 1. The van der Waals surface area contributed by atoms with E-state index in [1.54, 1.807) is 18.2 Å². The Kier molecular flexibility index (Phi) is 3.55. The van der Waals surface area contributed by atoms with E-state index in [0.29, 0.717) is 11.0 Å². The molecule has 7 heteroatoms. The van der Waals surface area contributed by atoms with Crippen molar-refractivity contribution in [3.8, 4) is 6.07 Å². The number of benzene rings is 1. The van der Waals surface area contributed by atoms with Gasteiger partial charge in [-0.3, -0.25) is 15.6 Å². The van der Waals surface area contributed by atoms with Crippen LogP contribution in [0, 0.1) is 11.3 Å². The lowest BCUT2D eigenvalue weighted by molar-refractivity contribution is -0.119. The van der Waals surface area contributed by atoms with Crippen LogP contribution in [0.2, 0.25) is 5.15 Å². The molecule has 0 atom stereocenters. The monoisotopic (exact) mass is 261 g/mol. The van der Waals surface area contributed by atoms with Crippen molar-refractivity contribution in [3.63, 3.8) is 0 Å². The Bertz CT molecular complexity index is 637. The van der Waals surface area contributed by atoms with Gasteiger partial charge in [0, 0.05) is 0 Å². The third-order valence-electron chi connectivity index (χ3n) is 2.09. The number of fused-ring (bicyclic) bond motifs is 1. The van der Waals surface area contributed by atoms with Crippen molar-refractivity contribution in [2.45, 2.75) is 6.42 Å². The van der Waals surface area contributed by atoms with Crippen molar-refractivity contribution in [2.75, 3.05) is 5.43 Å². The number of nitrogens with zero attached hydrogens (tertiary/aromatic N) is 3. The summed E-state index contributed by atoms with van der Waals surface area (Å²) < 4.78 is 0. The first-order valence-electron chi connectivity index (χ1n) is 5.05. The molecule has 6 nitrogen and oxygen atoms in total. The molecule has 18 heavy (non-hydrogen) atoms. The number of carbonyl (C=O) groups excluding carboxylic acids is 1. The van der Waals surface area contributed by atoms with Crippen LogP contribution in [-0.4, -0.2) is 15.9 Å². The number of halogens is 1. The first-order chi connectivity index (χ1) is 8.70. The number of amides is 1. The van der Waals surface area contributed by atoms with Gasteiger partial charge in [-0.25, -0.2) is 9.97 Å². The summed E-state index contributed by atoms with van der Waals surface area (Å²) in [7, 11) is 0. The quantitative estimate of drug-likeness (QED) is 0.820. The molecule has 0 spiro atoms. The van der Waals surface area contributed by atoms with Gasteiger partial charge in [0.25, 0.3) is 5.91 Å². The number of rotatable bonds is 3. The first-order valence-corrected chi connectivity index (χ1v) is 5.42. The van der Waals surface area contributed by atoms with Gasteiger partial charge in [0.2, 0.25) is 0 Å². The van der Waals surface area contributed by atoms with Crippen LogP contribution in [0.3, 0.4) is 0 Å². The molecule has 1 aromatic heterocycles. The fourth-order valence-corrected chi connectivity index (χ4v) is 1.48. The number of hydrogen-bond acceptors (Lipinski definition) is 5. The molecule has 0 unspecified atom stereocenters. The van der Waals surface area contributed by atoms with Crippen molar-refractivity contribution in [1.82, 2.24) is 15.4 Å². The Morgan fingerprint density at radius 1 is 1.33 bits per heavy atom. The number of hydrogen-bond donors (Lipinski definition) is 2. The zero-order chi connectivity index (χ0) is 13.0. The van der Waals surface area contributed by atoms with Crippen LogP contribution < -0.4 is 10.9 Å². The van der Waals surface area contributed by atoms with E-state index in [2.05, 4.69) is 20.8 Å². The van der Waals surface area contributed by atoms with E-state index in [4.69, 9.17) is 16.9 Å². The largest absolute Gasteiger partial charge is 0.279 e. The van der Waals surface area contributed by atoms with Gasteiger partial charge in [0.1, 0.15) is 6.42 Å². The highest BCUT2D eigenvalue weighted by atomic mass is 35.5. The van der Waals surface area contributed by atoms with Gasteiger partial charge in [0.05, 0.1) is 17.1 Å². The van der Waals surface area contributed by atoms with E-state index in [-0.39, 0.29) is 17.4 Å². The Morgan fingerprint density at radius 3 is 2.67 bits per heavy atom. The average Bonchev–Trinajstić information content (AvgIpc) is 2.36. The maximum atomic E-state index is 11.1. The van der Waals surface area contributed by atoms with Crippen molar-refractivity contribution in [3.05, 3.63) is 29.4 Å². The summed E-state index contributed by atoms with van der Waals surface area (Å²) in [5, 5.41) is 8.48. The molecule has 90 valence electrons. The van der Waals surface area contributed by atoms with Crippen molar-refractivity contribution in [2.24, 2.45) is 0 Å². The summed E-state index contributed by atoms with van der Waals surface area (Å²) in [6.45, 7) is 0. The molecule has 1 amide bonds. The van der Waals surface area contributed by atoms with Crippen molar-refractivity contribution >= 4 is 34.4 Å². The normalized spacial score (nSPS) is 9.78. The smallest absolute Gasteiger partial charge is 0.252 e. The Balaban J connectivity index is 2.21. The molecule has 0 saturated carbocycles. The predicted molar refractivity (Wildman–Crippen MR) is 66.5 cm³/mol. The number of nitrogens with one attached hydrogen (secondary N) is 2. The van der Waals surface area contributed by atoms with Crippen molar-refractivity contribution < 1.29 is 4.79 Å². The lowest BCUT2D eigenvalue weighted by Crippen LogP contribution is -2.29. The zero-order valence-electron chi connectivity index (χ0n) is 9.14. The van der Waals surface area contributed by atoms with Gasteiger partial charge in [-0.1, -0.05) is 23.7 Å². The van der Waals surface area contributed by atoms with E-state index in [1.165, 1.54) is 0 Å². The van der Waals surface area contributed by atoms with Crippen LogP contribution in [0.15, 0.2) is 24.3 Å². The molecule has 0 fully saturated rings. The third-order valence-corrected chi connectivity index (χ3v) is 2.35. The van der Waals surface area contributed by atoms with Crippen LogP contribution in [-0.2, 0) is 4.79 Å². The highest BCUT2D eigenvalue weighted by Crippen LogP contribution is 2.20. The van der Waals surface area contributed by atoms with E-state index in [9.17, 15) is 4.79 Å². The molecule has 0 aliphatic heterocycles. The van der Waals surface area contributed by atoms with E-state index < -0.39 is 5.91 Å². The van der Waals surface area contributed by atoms with Gasteiger partial charge in [-0.2, -0.15) is 5.26 Å². The third kappa shape index (κ3) is 2.64. The lowest BCUT2D eigenvalue weighted by Gasteiger charge is -2.08. The van der Waals surface area contributed by atoms with Gasteiger partial charge in [0.15, 0.2) is 11.0 Å². The van der Waals surface area contributed by atoms with Gasteiger partial charge in [-0.15, -0.1) is 0 Å². The second-order valence-electron chi connectivity index (χ2n) is 3.36. The summed E-state index contributed by atoms with van der Waals surface area (Å²) in [6.07, 6.45) is -0.244. The molecule has 0 aliphatic carbocycles. The predicted octanol–water partition coefficient (Wildman–Crippen LogP) is 1.64. The molecule has 0 aliphatic rings. The molecular formula is C11H8ClN5O. The Hall–Kier alpha value is -2.39. The molecule has 1 aromatic carbocycles. The molecule has 0 bridgehead atoms. The number of anilines is 1. The molecule has 2 rings (SSSR count). The zero-order valence-corrected chi connectivity index (χ0v) is 9.90. The minimum Gasteiger partial charge on any atom is -0.279 e. The summed E-state index contributed by atoms with van der Waals surface area (Å²) in [6, 6.07) is 8.94.